The van der Waals surface area contributed by atoms with E-state index in [2.05, 4.69) is 10.3 Å². The average Bonchev–Trinajstić information content (AvgIpc) is 2.70. The Bertz CT molecular complexity index is 678. The Hall–Kier alpha value is -1.37. The number of halogens is 2. The van der Waals surface area contributed by atoms with Gasteiger partial charge in [-0.25, -0.2) is 0 Å². The van der Waals surface area contributed by atoms with E-state index in [4.69, 9.17) is 33.7 Å². The summed E-state index contributed by atoms with van der Waals surface area (Å²) >= 11 is 12.0. The van der Waals surface area contributed by atoms with Crippen molar-refractivity contribution >= 4 is 28.9 Å². The van der Waals surface area contributed by atoms with E-state index in [1.54, 1.807) is 12.1 Å². The first-order valence-electron chi connectivity index (χ1n) is 9.68. The molecular weight excluding hydrogens is 397 g/mol. The number of nitrogens with zero attached hydrogens (tertiary/aromatic N) is 1. The molecule has 1 aromatic heterocycles. The van der Waals surface area contributed by atoms with Crippen LogP contribution in [0.2, 0.25) is 10.0 Å². The molecule has 0 saturated heterocycles. The molecule has 0 fully saturated rings. The summed E-state index contributed by atoms with van der Waals surface area (Å²) in [5, 5.41) is 14.2. The molecule has 0 saturated carbocycles. The summed E-state index contributed by atoms with van der Waals surface area (Å²) in [5.41, 5.74) is 7.79. The molecule has 4 N–H and O–H groups in total. The number of hydrogen-bond donors (Lipinski definition) is 3. The Balaban J connectivity index is 1.45. The lowest BCUT2D eigenvalue weighted by molar-refractivity contribution is 0.132. The normalized spacial score (nSPS) is 12.2. The molecule has 1 aromatic carbocycles. The van der Waals surface area contributed by atoms with Crippen LogP contribution in [0.1, 0.15) is 43.0 Å². The van der Waals surface area contributed by atoms with Crippen molar-refractivity contribution in [2.75, 3.05) is 32.0 Å². The topological polar surface area (TPSA) is 80.4 Å². The number of aliphatic hydroxyl groups is 1. The fraction of sp³-hybridized carbons (Fsp3) is 0.476. The van der Waals surface area contributed by atoms with E-state index in [1.807, 2.05) is 24.4 Å². The SMILES string of the molecule is Nc1c(Cl)cc([C@@H](O)CNCCCCCCOCCc2ccccn2)cc1Cl. The van der Waals surface area contributed by atoms with Crippen molar-refractivity contribution in [3.05, 3.63) is 57.8 Å². The molecular formula is C21H29Cl2N3O2. The number of pyridine rings is 1. The second-order valence-electron chi connectivity index (χ2n) is 6.72. The zero-order valence-corrected chi connectivity index (χ0v) is 17.6. The fourth-order valence-electron chi connectivity index (χ4n) is 2.79. The largest absolute Gasteiger partial charge is 0.396 e. The van der Waals surface area contributed by atoms with Crippen LogP contribution >= 0.6 is 23.2 Å². The van der Waals surface area contributed by atoms with Gasteiger partial charge in [-0.15, -0.1) is 0 Å². The van der Waals surface area contributed by atoms with Crippen molar-refractivity contribution in [3.63, 3.8) is 0 Å². The Labute approximate surface area is 177 Å². The maximum atomic E-state index is 10.2. The van der Waals surface area contributed by atoms with Gasteiger partial charge in [0.25, 0.3) is 0 Å². The van der Waals surface area contributed by atoms with E-state index in [9.17, 15) is 5.11 Å². The Morgan fingerprint density at radius 1 is 1.07 bits per heavy atom. The molecule has 0 aliphatic heterocycles. The number of nitrogens with one attached hydrogen (secondary N) is 1. The van der Waals surface area contributed by atoms with Gasteiger partial charge < -0.3 is 20.9 Å². The van der Waals surface area contributed by atoms with Crippen molar-refractivity contribution in [1.29, 1.82) is 0 Å². The smallest absolute Gasteiger partial charge is 0.0915 e. The van der Waals surface area contributed by atoms with Crippen LogP contribution in [-0.4, -0.2) is 36.4 Å². The molecule has 0 spiro atoms. The number of hydrogen-bond acceptors (Lipinski definition) is 5. The summed E-state index contributed by atoms with van der Waals surface area (Å²) < 4.78 is 5.65. The standard InChI is InChI=1S/C21H29Cl2N3O2/c22-18-13-16(14-19(23)21(18)24)20(27)15-25-9-4-1-2-6-11-28-12-8-17-7-3-5-10-26-17/h3,5,7,10,13-14,20,25,27H,1-2,4,6,8-9,11-12,15,24H2/t20-/m0/s1. The fourth-order valence-corrected chi connectivity index (χ4v) is 3.29. The number of rotatable bonds is 13. The molecule has 1 atom stereocenters. The molecule has 0 amide bonds. The highest BCUT2D eigenvalue weighted by atomic mass is 35.5. The van der Waals surface area contributed by atoms with Gasteiger partial charge in [-0.1, -0.05) is 42.1 Å². The number of anilines is 1. The number of nitrogen functional groups attached to an aromatic ring is 1. The van der Waals surface area contributed by atoms with Crippen molar-refractivity contribution in [2.24, 2.45) is 0 Å². The van der Waals surface area contributed by atoms with Gasteiger partial charge in [-0.05, 0) is 49.2 Å². The summed E-state index contributed by atoms with van der Waals surface area (Å²) in [6.45, 7) is 2.81. The predicted molar refractivity (Wildman–Crippen MR) is 116 cm³/mol. The van der Waals surface area contributed by atoms with Crippen LogP contribution in [0.4, 0.5) is 5.69 Å². The average molecular weight is 426 g/mol. The first kappa shape index (κ1) is 22.9. The molecule has 0 unspecified atom stereocenters. The van der Waals surface area contributed by atoms with Crippen LogP contribution in [0.5, 0.6) is 0 Å². The van der Waals surface area contributed by atoms with Gasteiger partial charge in [0.05, 0.1) is 28.4 Å². The summed E-state index contributed by atoms with van der Waals surface area (Å²) in [4.78, 5) is 4.28. The van der Waals surface area contributed by atoms with E-state index in [1.165, 1.54) is 0 Å². The zero-order chi connectivity index (χ0) is 20.2. The third-order valence-corrected chi connectivity index (χ3v) is 5.07. The quantitative estimate of drug-likeness (QED) is 0.327. The molecule has 28 heavy (non-hydrogen) atoms. The van der Waals surface area contributed by atoms with Crippen LogP contribution in [0.25, 0.3) is 0 Å². The van der Waals surface area contributed by atoms with Crippen LogP contribution in [0.3, 0.4) is 0 Å². The molecule has 2 rings (SSSR count). The highest BCUT2D eigenvalue weighted by Crippen LogP contribution is 2.31. The number of unbranched alkanes of at least 4 members (excludes halogenated alkanes) is 3. The van der Waals surface area contributed by atoms with Crippen molar-refractivity contribution in [3.8, 4) is 0 Å². The van der Waals surface area contributed by atoms with Crippen molar-refractivity contribution in [1.82, 2.24) is 10.3 Å². The van der Waals surface area contributed by atoms with Gasteiger partial charge in [0, 0.05) is 31.5 Å². The van der Waals surface area contributed by atoms with Gasteiger partial charge in [0.15, 0.2) is 0 Å². The van der Waals surface area contributed by atoms with E-state index in [0.717, 1.165) is 57.6 Å². The molecule has 0 bridgehead atoms. The minimum atomic E-state index is -0.664. The predicted octanol–water partition coefficient (Wildman–Crippen LogP) is 4.41. The Morgan fingerprint density at radius 2 is 1.82 bits per heavy atom. The summed E-state index contributed by atoms with van der Waals surface area (Å²) in [5.74, 6) is 0. The summed E-state index contributed by atoms with van der Waals surface area (Å²) in [7, 11) is 0. The lowest BCUT2D eigenvalue weighted by Crippen LogP contribution is -2.22. The number of nitrogens with two attached hydrogens (primary N) is 1. The highest BCUT2D eigenvalue weighted by molar-refractivity contribution is 6.38. The monoisotopic (exact) mass is 425 g/mol. The lowest BCUT2D eigenvalue weighted by atomic mass is 10.1. The van der Waals surface area contributed by atoms with E-state index in [-0.39, 0.29) is 0 Å². The van der Waals surface area contributed by atoms with Crippen LogP contribution in [-0.2, 0) is 11.2 Å². The van der Waals surface area contributed by atoms with Crippen LogP contribution in [0, 0.1) is 0 Å². The molecule has 7 heteroatoms. The molecule has 0 aliphatic rings. The molecule has 2 aromatic rings. The van der Waals surface area contributed by atoms with E-state index >= 15 is 0 Å². The van der Waals surface area contributed by atoms with Crippen molar-refractivity contribution in [2.45, 2.75) is 38.2 Å². The van der Waals surface area contributed by atoms with Gasteiger partial charge in [-0.3, -0.25) is 4.98 Å². The maximum Gasteiger partial charge on any atom is 0.0915 e. The second kappa shape index (κ2) is 13.0. The second-order valence-corrected chi connectivity index (χ2v) is 7.53. The summed E-state index contributed by atoms with van der Waals surface area (Å²) in [6.07, 6.45) is 6.39. The zero-order valence-electron chi connectivity index (χ0n) is 16.0. The third-order valence-electron chi connectivity index (χ3n) is 4.44. The number of benzene rings is 1. The Morgan fingerprint density at radius 3 is 2.54 bits per heavy atom. The number of aliphatic hydroxyl groups excluding tert-OH is 1. The minimum Gasteiger partial charge on any atom is -0.396 e. The van der Waals surface area contributed by atoms with Gasteiger partial charge in [-0.2, -0.15) is 0 Å². The van der Waals surface area contributed by atoms with Gasteiger partial charge in [0.2, 0.25) is 0 Å². The van der Waals surface area contributed by atoms with E-state index in [0.29, 0.717) is 27.8 Å². The molecule has 0 radical (unpaired) electrons. The van der Waals surface area contributed by atoms with Crippen LogP contribution in [0.15, 0.2) is 36.5 Å². The van der Waals surface area contributed by atoms with Gasteiger partial charge in [0.1, 0.15) is 0 Å². The first-order chi connectivity index (χ1) is 13.6. The Kier molecular flexibility index (Phi) is 10.6. The van der Waals surface area contributed by atoms with Crippen molar-refractivity contribution < 1.29 is 9.84 Å². The summed E-state index contributed by atoms with van der Waals surface area (Å²) in [6, 6.07) is 9.24. The first-order valence-corrected chi connectivity index (χ1v) is 10.4. The van der Waals surface area contributed by atoms with Gasteiger partial charge >= 0.3 is 0 Å². The van der Waals surface area contributed by atoms with Crippen LogP contribution < -0.4 is 11.1 Å². The maximum absolute atomic E-state index is 10.2. The van der Waals surface area contributed by atoms with E-state index < -0.39 is 6.10 Å². The molecule has 5 nitrogen and oxygen atoms in total. The number of ether oxygens (including phenoxy) is 1. The lowest BCUT2D eigenvalue weighted by Gasteiger charge is -2.14. The molecule has 1 heterocycles. The minimum absolute atomic E-state index is 0.341. The third kappa shape index (κ3) is 8.33. The number of aromatic nitrogens is 1. The molecule has 154 valence electrons. The molecule has 0 aliphatic carbocycles. The highest BCUT2D eigenvalue weighted by Gasteiger charge is 2.11.